The lowest BCUT2D eigenvalue weighted by molar-refractivity contribution is -0.121. The summed E-state index contributed by atoms with van der Waals surface area (Å²) in [5.41, 5.74) is -0.854. The Bertz CT molecular complexity index is 725. The van der Waals surface area contributed by atoms with E-state index < -0.39 is 26.6 Å². The fraction of sp³-hybridized carbons (Fsp3) is 0.500. The van der Waals surface area contributed by atoms with Gasteiger partial charge in [0.1, 0.15) is 11.4 Å². The average Bonchev–Trinajstić information content (AvgIpc) is 2.96. The van der Waals surface area contributed by atoms with E-state index in [1.165, 1.54) is 12.3 Å². The molecule has 112 valence electrons. The normalized spacial score (nSPS) is 21.1. The summed E-state index contributed by atoms with van der Waals surface area (Å²) >= 11 is 0. The minimum Gasteiger partial charge on any atom is -0.323 e. The van der Waals surface area contributed by atoms with Crippen molar-refractivity contribution in [1.29, 1.82) is 0 Å². The van der Waals surface area contributed by atoms with E-state index in [0.717, 1.165) is 24.0 Å². The van der Waals surface area contributed by atoms with Crippen molar-refractivity contribution < 1.29 is 18.0 Å². The molecular formula is C12H14N4O4S. The summed E-state index contributed by atoms with van der Waals surface area (Å²) < 4.78 is 23.0. The molecule has 0 aromatic carbocycles. The van der Waals surface area contributed by atoms with Crippen LogP contribution >= 0.6 is 0 Å². The zero-order valence-electron chi connectivity index (χ0n) is 11.4. The van der Waals surface area contributed by atoms with Gasteiger partial charge < -0.3 is 5.32 Å². The second kappa shape index (κ2) is 4.48. The Morgan fingerprint density at radius 1 is 1.29 bits per heavy atom. The Morgan fingerprint density at radius 2 is 1.95 bits per heavy atom. The maximum absolute atomic E-state index is 12.5. The lowest BCUT2D eigenvalue weighted by Gasteiger charge is -2.19. The van der Waals surface area contributed by atoms with Crippen molar-refractivity contribution in [2.75, 3.05) is 11.2 Å². The SMILES string of the molecule is CS(=O)(=O)c1nccc(N2C(=O)NC3(CCCC3)C2=O)n1. The summed E-state index contributed by atoms with van der Waals surface area (Å²) in [5.74, 6) is -0.389. The van der Waals surface area contributed by atoms with Gasteiger partial charge in [0.25, 0.3) is 5.91 Å². The molecule has 9 heteroatoms. The first-order chi connectivity index (χ1) is 9.83. The number of hydrogen-bond donors (Lipinski definition) is 1. The van der Waals surface area contributed by atoms with Gasteiger partial charge in [-0.1, -0.05) is 12.8 Å². The van der Waals surface area contributed by atoms with Gasteiger partial charge in [-0.2, -0.15) is 4.98 Å². The largest absolute Gasteiger partial charge is 0.330 e. The Labute approximate surface area is 121 Å². The first-order valence-electron chi connectivity index (χ1n) is 6.53. The number of carbonyl (C=O) groups excluding carboxylic acids is 2. The van der Waals surface area contributed by atoms with Gasteiger partial charge in [-0.25, -0.2) is 23.1 Å². The summed E-state index contributed by atoms with van der Waals surface area (Å²) in [6.07, 6.45) is 5.13. The number of imide groups is 1. The lowest BCUT2D eigenvalue weighted by Crippen LogP contribution is -2.44. The van der Waals surface area contributed by atoms with Crippen LogP contribution in [0, 0.1) is 0 Å². The zero-order valence-corrected chi connectivity index (χ0v) is 12.2. The molecular weight excluding hydrogens is 296 g/mol. The van der Waals surface area contributed by atoms with E-state index in [0.29, 0.717) is 12.8 Å². The molecule has 1 saturated heterocycles. The third-order valence-electron chi connectivity index (χ3n) is 3.80. The van der Waals surface area contributed by atoms with E-state index >= 15 is 0 Å². The molecule has 1 aromatic rings. The van der Waals surface area contributed by atoms with Crippen LogP contribution in [0.4, 0.5) is 10.6 Å². The lowest BCUT2D eigenvalue weighted by atomic mass is 9.98. The standard InChI is InChI=1S/C12H14N4O4S/c1-21(19,20)10-13-7-4-8(14-10)16-9(17)12(15-11(16)18)5-2-3-6-12/h4,7H,2-3,5-6H2,1H3,(H,15,18). The van der Waals surface area contributed by atoms with Gasteiger partial charge in [-0.15, -0.1) is 0 Å². The summed E-state index contributed by atoms with van der Waals surface area (Å²) in [6, 6.07) is 0.778. The Balaban J connectivity index is 2.01. The molecule has 1 saturated carbocycles. The van der Waals surface area contributed by atoms with Crippen LogP contribution in [0.25, 0.3) is 0 Å². The number of hydrogen-bond acceptors (Lipinski definition) is 6. The number of sulfone groups is 1. The van der Waals surface area contributed by atoms with Crippen LogP contribution in [-0.4, -0.2) is 42.1 Å². The van der Waals surface area contributed by atoms with Crippen molar-refractivity contribution in [1.82, 2.24) is 15.3 Å². The molecule has 1 aromatic heterocycles. The van der Waals surface area contributed by atoms with Crippen LogP contribution in [0.15, 0.2) is 17.4 Å². The van der Waals surface area contributed by atoms with Crippen molar-refractivity contribution in [2.24, 2.45) is 0 Å². The fourth-order valence-corrected chi connectivity index (χ4v) is 3.29. The Hall–Kier alpha value is -2.03. The quantitative estimate of drug-likeness (QED) is 0.619. The molecule has 2 aliphatic rings. The van der Waals surface area contributed by atoms with E-state index in [-0.39, 0.29) is 11.7 Å². The number of aromatic nitrogens is 2. The molecule has 21 heavy (non-hydrogen) atoms. The van der Waals surface area contributed by atoms with E-state index in [1.807, 2.05) is 0 Å². The number of carbonyl (C=O) groups is 2. The number of rotatable bonds is 2. The first kappa shape index (κ1) is 13.9. The van der Waals surface area contributed by atoms with E-state index in [9.17, 15) is 18.0 Å². The molecule has 1 spiro atoms. The van der Waals surface area contributed by atoms with E-state index in [4.69, 9.17) is 0 Å². The van der Waals surface area contributed by atoms with Crippen molar-refractivity contribution in [3.8, 4) is 0 Å². The highest BCUT2D eigenvalue weighted by Crippen LogP contribution is 2.36. The predicted octanol–water partition coefficient (Wildman–Crippen LogP) is 0.249. The van der Waals surface area contributed by atoms with E-state index in [2.05, 4.69) is 15.3 Å². The number of amides is 3. The van der Waals surface area contributed by atoms with Crippen LogP contribution < -0.4 is 10.2 Å². The molecule has 0 unspecified atom stereocenters. The van der Waals surface area contributed by atoms with Crippen LogP contribution in [0.1, 0.15) is 25.7 Å². The minimum atomic E-state index is -3.61. The summed E-state index contributed by atoms with van der Waals surface area (Å²) in [5, 5.41) is 2.30. The van der Waals surface area contributed by atoms with Crippen molar-refractivity contribution in [2.45, 2.75) is 36.4 Å². The van der Waals surface area contributed by atoms with Crippen molar-refractivity contribution in [3.05, 3.63) is 12.3 Å². The van der Waals surface area contributed by atoms with Crippen molar-refractivity contribution >= 4 is 27.6 Å². The smallest absolute Gasteiger partial charge is 0.323 e. The van der Waals surface area contributed by atoms with Gasteiger partial charge in [-0.3, -0.25) is 4.79 Å². The van der Waals surface area contributed by atoms with Crippen LogP contribution in [0.5, 0.6) is 0 Å². The highest BCUT2D eigenvalue weighted by Gasteiger charge is 2.53. The molecule has 0 bridgehead atoms. The second-order valence-electron chi connectivity index (χ2n) is 5.33. The summed E-state index contributed by atoms with van der Waals surface area (Å²) in [4.78, 5) is 33.0. The van der Waals surface area contributed by atoms with Crippen LogP contribution in [-0.2, 0) is 14.6 Å². The van der Waals surface area contributed by atoms with Crippen molar-refractivity contribution in [3.63, 3.8) is 0 Å². The maximum Gasteiger partial charge on any atom is 0.330 e. The van der Waals surface area contributed by atoms with Gasteiger partial charge in [0.2, 0.25) is 15.0 Å². The summed E-state index contributed by atoms with van der Waals surface area (Å²) in [6.45, 7) is 0. The van der Waals surface area contributed by atoms with Gasteiger partial charge >= 0.3 is 6.03 Å². The monoisotopic (exact) mass is 310 g/mol. The van der Waals surface area contributed by atoms with Gasteiger partial charge in [0, 0.05) is 18.5 Å². The highest BCUT2D eigenvalue weighted by molar-refractivity contribution is 7.90. The molecule has 3 rings (SSSR count). The topological polar surface area (TPSA) is 109 Å². The first-order valence-corrected chi connectivity index (χ1v) is 8.42. The zero-order chi connectivity index (χ0) is 15.3. The predicted molar refractivity (Wildman–Crippen MR) is 72.4 cm³/mol. The number of urea groups is 1. The van der Waals surface area contributed by atoms with Crippen LogP contribution in [0.2, 0.25) is 0 Å². The molecule has 2 fully saturated rings. The molecule has 1 N–H and O–H groups in total. The maximum atomic E-state index is 12.5. The molecule has 3 amide bonds. The average molecular weight is 310 g/mol. The molecule has 0 radical (unpaired) electrons. The molecule has 1 aliphatic heterocycles. The summed E-state index contributed by atoms with van der Waals surface area (Å²) in [7, 11) is -3.61. The van der Waals surface area contributed by atoms with Gasteiger partial charge in [0.15, 0.2) is 0 Å². The fourth-order valence-electron chi connectivity index (χ4n) is 2.78. The second-order valence-corrected chi connectivity index (χ2v) is 7.24. The van der Waals surface area contributed by atoms with E-state index in [1.54, 1.807) is 0 Å². The Kier molecular flexibility index (Phi) is 2.97. The number of anilines is 1. The van der Waals surface area contributed by atoms with Crippen LogP contribution in [0.3, 0.4) is 0 Å². The molecule has 1 aliphatic carbocycles. The number of nitrogens with one attached hydrogen (secondary N) is 1. The Morgan fingerprint density at radius 3 is 2.57 bits per heavy atom. The molecule has 2 heterocycles. The van der Waals surface area contributed by atoms with Gasteiger partial charge in [-0.05, 0) is 12.8 Å². The molecule has 0 atom stereocenters. The third-order valence-corrected chi connectivity index (χ3v) is 4.66. The van der Waals surface area contributed by atoms with Gasteiger partial charge in [0.05, 0.1) is 0 Å². The number of nitrogens with zero attached hydrogens (tertiary/aromatic N) is 3. The molecule has 8 nitrogen and oxygen atoms in total. The highest BCUT2D eigenvalue weighted by atomic mass is 32.2. The third kappa shape index (κ3) is 2.17. The minimum absolute atomic E-state index is 0.0169.